The van der Waals surface area contributed by atoms with Crippen LogP contribution in [0.25, 0.3) is 0 Å². The lowest BCUT2D eigenvalue weighted by Crippen LogP contribution is -2.31. The molecule has 0 unspecified atom stereocenters. The van der Waals surface area contributed by atoms with E-state index in [4.69, 9.17) is 11.6 Å². The number of carbonyl (C=O) groups is 2. The van der Waals surface area contributed by atoms with Crippen molar-refractivity contribution in [1.82, 2.24) is 15.6 Å². The summed E-state index contributed by atoms with van der Waals surface area (Å²) in [6.45, 7) is 8.66. The number of hydrogen-bond donors (Lipinski definition) is 3. The first-order valence-electron chi connectivity index (χ1n) is 13.8. The molecule has 4 rings (SSSR count). The first kappa shape index (κ1) is 31.7. The number of carbonyl (C=O) groups excluding carboxylic acids is 2. The molecule has 0 saturated heterocycles. The van der Waals surface area contributed by atoms with Crippen LogP contribution in [0.4, 0.5) is 18.2 Å². The summed E-state index contributed by atoms with van der Waals surface area (Å²) in [7, 11) is 0. The first-order valence-corrected chi connectivity index (χ1v) is 15.0. The molecule has 1 aliphatic carbocycles. The Kier molecular flexibility index (Phi) is 10.8. The standard InChI is InChI=1S/C30H33ClF3N5O2S/c1-3-39(4-2)14-13-35-17-19-7-5-8-21(15-19)27(40)37-29-26(22-9-6-10-25(22)42-29)28(41)38-36-18-20-11-12-24(31)23(16-20)30(32,33)34/h5,7-8,11-12,15-16,18,35H,3-4,6,9-10,13-14,17H2,1-2H3,(H,37,40)(H,38,41)/b36-18-. The summed E-state index contributed by atoms with van der Waals surface area (Å²) >= 11 is 7.04. The summed E-state index contributed by atoms with van der Waals surface area (Å²) in [5, 5.41) is 10.2. The van der Waals surface area contributed by atoms with Gasteiger partial charge in [0.15, 0.2) is 0 Å². The first-order chi connectivity index (χ1) is 20.1. The molecule has 3 aromatic rings. The van der Waals surface area contributed by atoms with Crippen LogP contribution in [0.1, 0.15) is 68.1 Å². The van der Waals surface area contributed by atoms with Gasteiger partial charge in [-0.2, -0.15) is 18.3 Å². The number of fused-ring (bicyclic) bond motifs is 1. The number of nitrogens with one attached hydrogen (secondary N) is 3. The van der Waals surface area contributed by atoms with Gasteiger partial charge in [-0.1, -0.05) is 43.6 Å². The Hall–Kier alpha value is -3.25. The van der Waals surface area contributed by atoms with E-state index in [1.165, 1.54) is 17.4 Å². The predicted molar refractivity (Wildman–Crippen MR) is 162 cm³/mol. The molecule has 224 valence electrons. The van der Waals surface area contributed by atoms with Crippen LogP contribution < -0.4 is 16.1 Å². The van der Waals surface area contributed by atoms with Gasteiger partial charge in [0.2, 0.25) is 0 Å². The van der Waals surface area contributed by atoms with Crippen LogP contribution in [0.5, 0.6) is 0 Å². The number of rotatable bonds is 12. The third-order valence-electron chi connectivity index (χ3n) is 7.07. The van der Waals surface area contributed by atoms with E-state index < -0.39 is 22.7 Å². The van der Waals surface area contributed by atoms with Crippen molar-refractivity contribution in [2.75, 3.05) is 31.5 Å². The number of nitrogens with zero attached hydrogens (tertiary/aromatic N) is 2. The Bertz CT molecular complexity index is 1450. The highest BCUT2D eigenvalue weighted by Crippen LogP contribution is 2.39. The summed E-state index contributed by atoms with van der Waals surface area (Å²) in [6.07, 6.45) is -1.10. The van der Waals surface area contributed by atoms with Crippen molar-refractivity contribution in [3.05, 3.63) is 85.7 Å². The van der Waals surface area contributed by atoms with Crippen molar-refractivity contribution in [3.8, 4) is 0 Å². The number of likely N-dealkylation sites (N-methyl/N-ethyl adjacent to an activating group) is 1. The molecule has 0 aliphatic heterocycles. The fourth-order valence-corrected chi connectivity index (χ4v) is 6.31. The summed E-state index contributed by atoms with van der Waals surface area (Å²) in [4.78, 5) is 29.7. The van der Waals surface area contributed by atoms with Crippen molar-refractivity contribution in [2.24, 2.45) is 5.10 Å². The van der Waals surface area contributed by atoms with Gasteiger partial charge < -0.3 is 15.5 Å². The molecule has 1 aliphatic rings. The summed E-state index contributed by atoms with van der Waals surface area (Å²) in [5.41, 5.74) is 4.18. The fourth-order valence-electron chi connectivity index (χ4n) is 4.80. The maximum Gasteiger partial charge on any atom is 0.417 e. The zero-order valence-electron chi connectivity index (χ0n) is 23.4. The van der Waals surface area contributed by atoms with Gasteiger partial charge in [0.25, 0.3) is 11.8 Å². The molecule has 3 N–H and O–H groups in total. The molecule has 0 spiro atoms. The number of alkyl halides is 3. The number of hydrazone groups is 1. The molecule has 0 bridgehead atoms. The van der Waals surface area contributed by atoms with Crippen LogP contribution in [0.15, 0.2) is 47.6 Å². The molecule has 0 fully saturated rings. The molecule has 2 aromatic carbocycles. The maximum atomic E-state index is 13.2. The normalized spacial score (nSPS) is 13.1. The lowest BCUT2D eigenvalue weighted by Gasteiger charge is -2.18. The second-order valence-electron chi connectivity index (χ2n) is 9.86. The van der Waals surface area contributed by atoms with Gasteiger partial charge in [0.1, 0.15) is 5.00 Å². The second-order valence-corrected chi connectivity index (χ2v) is 11.4. The topological polar surface area (TPSA) is 85.8 Å². The third kappa shape index (κ3) is 7.97. The monoisotopic (exact) mass is 619 g/mol. The average Bonchev–Trinajstić information content (AvgIpc) is 3.54. The van der Waals surface area contributed by atoms with Crippen LogP contribution in [0, 0.1) is 0 Å². The number of thiophene rings is 1. The number of hydrogen-bond acceptors (Lipinski definition) is 6. The van der Waals surface area contributed by atoms with Crippen LogP contribution in [0.3, 0.4) is 0 Å². The molecular formula is C30H33ClF3N5O2S. The van der Waals surface area contributed by atoms with Gasteiger partial charge in [-0.05, 0) is 73.3 Å². The number of halogens is 4. The van der Waals surface area contributed by atoms with Crippen LogP contribution >= 0.6 is 22.9 Å². The molecule has 0 atom stereocenters. The van der Waals surface area contributed by atoms with E-state index in [1.807, 2.05) is 18.2 Å². The second kappa shape index (κ2) is 14.3. The Morgan fingerprint density at radius 3 is 2.62 bits per heavy atom. The number of aryl methyl sites for hydroxylation is 1. The minimum Gasteiger partial charge on any atom is -0.313 e. The molecule has 1 heterocycles. The average molecular weight is 620 g/mol. The Labute approximate surface area is 252 Å². The molecule has 0 radical (unpaired) electrons. The van der Waals surface area contributed by atoms with E-state index in [1.54, 1.807) is 6.07 Å². The Morgan fingerprint density at radius 1 is 1.10 bits per heavy atom. The fraction of sp³-hybridized carbons (Fsp3) is 0.367. The van der Waals surface area contributed by atoms with Gasteiger partial charge in [-0.25, -0.2) is 5.43 Å². The molecule has 42 heavy (non-hydrogen) atoms. The van der Waals surface area contributed by atoms with E-state index in [-0.39, 0.29) is 11.5 Å². The highest BCUT2D eigenvalue weighted by atomic mass is 35.5. The summed E-state index contributed by atoms with van der Waals surface area (Å²) in [5.74, 6) is -0.879. The Balaban J connectivity index is 1.43. The van der Waals surface area contributed by atoms with Gasteiger partial charge in [0, 0.05) is 30.1 Å². The minimum atomic E-state index is -4.62. The molecule has 0 saturated carbocycles. The van der Waals surface area contributed by atoms with E-state index in [9.17, 15) is 22.8 Å². The molecule has 7 nitrogen and oxygen atoms in total. The van der Waals surface area contributed by atoms with Gasteiger partial charge in [-0.15, -0.1) is 11.3 Å². The third-order valence-corrected chi connectivity index (χ3v) is 8.61. The molecule has 2 amide bonds. The zero-order chi connectivity index (χ0) is 30.3. The number of amides is 2. The maximum absolute atomic E-state index is 13.2. The van der Waals surface area contributed by atoms with Gasteiger partial charge in [-0.3, -0.25) is 9.59 Å². The number of anilines is 1. The largest absolute Gasteiger partial charge is 0.417 e. The highest BCUT2D eigenvalue weighted by Gasteiger charge is 2.33. The summed E-state index contributed by atoms with van der Waals surface area (Å²) < 4.78 is 39.5. The minimum absolute atomic E-state index is 0.124. The van der Waals surface area contributed by atoms with E-state index in [0.717, 1.165) is 73.4 Å². The zero-order valence-corrected chi connectivity index (χ0v) is 25.0. The van der Waals surface area contributed by atoms with Crippen molar-refractivity contribution >= 4 is 46.0 Å². The highest BCUT2D eigenvalue weighted by molar-refractivity contribution is 7.17. The smallest absolute Gasteiger partial charge is 0.313 e. The van der Waals surface area contributed by atoms with Crippen LogP contribution in [0.2, 0.25) is 5.02 Å². The van der Waals surface area contributed by atoms with Crippen LogP contribution in [-0.4, -0.2) is 49.1 Å². The quantitative estimate of drug-likeness (QED) is 0.125. The Morgan fingerprint density at radius 2 is 1.88 bits per heavy atom. The van der Waals surface area contributed by atoms with E-state index in [0.29, 0.717) is 29.1 Å². The molecule has 12 heteroatoms. The SMILES string of the molecule is CCN(CC)CCNCc1cccc(C(=O)Nc2sc3c(c2C(=O)N/N=C\c2ccc(Cl)c(C(F)(F)F)c2)CCC3)c1. The van der Waals surface area contributed by atoms with Gasteiger partial charge in [0.05, 0.1) is 22.4 Å². The van der Waals surface area contributed by atoms with Crippen molar-refractivity contribution in [2.45, 2.75) is 45.8 Å². The van der Waals surface area contributed by atoms with E-state index in [2.05, 4.69) is 39.9 Å². The van der Waals surface area contributed by atoms with Crippen molar-refractivity contribution in [1.29, 1.82) is 0 Å². The molecule has 1 aromatic heterocycles. The van der Waals surface area contributed by atoms with Crippen molar-refractivity contribution in [3.63, 3.8) is 0 Å². The van der Waals surface area contributed by atoms with Crippen LogP contribution in [-0.2, 0) is 25.6 Å². The van der Waals surface area contributed by atoms with Crippen molar-refractivity contribution < 1.29 is 22.8 Å². The summed E-state index contributed by atoms with van der Waals surface area (Å²) in [6, 6.07) is 10.7. The lowest BCUT2D eigenvalue weighted by atomic mass is 10.1. The molecular weight excluding hydrogens is 587 g/mol. The predicted octanol–water partition coefficient (Wildman–Crippen LogP) is 6.36. The van der Waals surface area contributed by atoms with Gasteiger partial charge >= 0.3 is 6.18 Å². The van der Waals surface area contributed by atoms with E-state index >= 15 is 0 Å². The number of benzene rings is 2. The lowest BCUT2D eigenvalue weighted by molar-refractivity contribution is -0.137.